The second kappa shape index (κ2) is 4.62. The average Bonchev–Trinajstić information content (AvgIpc) is 2.95. The van der Waals surface area contributed by atoms with Crippen LogP contribution < -0.4 is 0 Å². The minimum Gasteiger partial charge on any atom is -0.232 e. The summed E-state index contributed by atoms with van der Waals surface area (Å²) in [5, 5.41) is 38.3. The minimum atomic E-state index is -0.0397. The zero-order valence-electron chi connectivity index (χ0n) is 12.0. The van der Waals surface area contributed by atoms with Gasteiger partial charge in [0.05, 0.1) is 34.7 Å². The Morgan fingerprint density at radius 2 is 1.04 bits per heavy atom. The summed E-state index contributed by atoms with van der Waals surface area (Å²) in [6.45, 7) is 0. The molecule has 4 rings (SSSR count). The van der Waals surface area contributed by atoms with Crippen molar-refractivity contribution in [3.05, 3.63) is 46.8 Å². The van der Waals surface area contributed by atoms with E-state index in [1.807, 2.05) is 12.1 Å². The molecule has 106 valence electrons. The van der Waals surface area contributed by atoms with Gasteiger partial charge in [0.1, 0.15) is 12.1 Å². The molecule has 0 N–H and O–H groups in total. The van der Waals surface area contributed by atoms with Crippen molar-refractivity contribution in [2.75, 3.05) is 0 Å². The number of hydrogen-bond acceptors (Lipinski definition) is 6. The fourth-order valence-electron chi connectivity index (χ4n) is 3.04. The van der Waals surface area contributed by atoms with Gasteiger partial charge in [0.25, 0.3) is 0 Å². The topological polar surface area (TPSA) is 121 Å². The fourth-order valence-corrected chi connectivity index (χ4v) is 3.04. The highest BCUT2D eigenvalue weighted by Crippen LogP contribution is 2.47. The molecule has 0 amide bonds. The van der Waals surface area contributed by atoms with Crippen LogP contribution in [0.4, 0.5) is 0 Å². The highest BCUT2D eigenvalue weighted by molar-refractivity contribution is 6.16. The van der Waals surface area contributed by atoms with Crippen LogP contribution in [0, 0.1) is 45.3 Å². The number of nitriles is 4. The van der Waals surface area contributed by atoms with Crippen LogP contribution in [0.2, 0.25) is 0 Å². The molecular formula is C18H4N6. The number of benzene rings is 2. The number of rotatable bonds is 0. The Kier molecular flexibility index (Phi) is 2.58. The van der Waals surface area contributed by atoms with E-state index in [4.69, 9.17) is 10.5 Å². The molecule has 0 atom stereocenters. The molecule has 1 aliphatic rings. The van der Waals surface area contributed by atoms with Crippen molar-refractivity contribution in [1.82, 2.24) is 9.97 Å². The van der Waals surface area contributed by atoms with Crippen LogP contribution in [0.1, 0.15) is 22.5 Å². The summed E-state index contributed by atoms with van der Waals surface area (Å²) >= 11 is 0. The summed E-state index contributed by atoms with van der Waals surface area (Å²) in [7, 11) is 0. The smallest absolute Gasteiger partial charge is 0.177 e. The average molecular weight is 304 g/mol. The standard InChI is InChI=1S/C18H4N6/c19-5-9-1-3-11-16-12(4-2-10(6-20)15(9)16)18-17(11)23-13(7-21)14(8-22)24-18/h1-4H. The zero-order chi connectivity index (χ0) is 16.8. The Bertz CT molecular complexity index is 1150. The van der Waals surface area contributed by atoms with Gasteiger partial charge in [-0.05, 0) is 12.1 Å². The second-order valence-corrected chi connectivity index (χ2v) is 5.14. The van der Waals surface area contributed by atoms with Gasteiger partial charge < -0.3 is 0 Å². The Hall–Kier alpha value is -4.26. The third-order valence-corrected chi connectivity index (χ3v) is 4.02. The van der Waals surface area contributed by atoms with Crippen LogP contribution in [0.25, 0.3) is 33.3 Å². The van der Waals surface area contributed by atoms with E-state index >= 15 is 0 Å². The maximum atomic E-state index is 9.36. The van der Waals surface area contributed by atoms with Gasteiger partial charge >= 0.3 is 0 Å². The SMILES string of the molecule is N#Cc1nc2c(nc1C#N)-c1ccc(C#N)c3c(C#N)ccc-2c13. The van der Waals surface area contributed by atoms with E-state index in [0.29, 0.717) is 44.4 Å². The van der Waals surface area contributed by atoms with Gasteiger partial charge in [-0.15, -0.1) is 0 Å². The fraction of sp³-hybridized carbons (Fsp3) is 0. The van der Waals surface area contributed by atoms with Crippen LogP contribution in [0.15, 0.2) is 24.3 Å². The van der Waals surface area contributed by atoms with Gasteiger partial charge in [-0.25, -0.2) is 9.97 Å². The van der Waals surface area contributed by atoms with Crippen molar-refractivity contribution in [3.63, 3.8) is 0 Å². The molecule has 0 saturated heterocycles. The summed E-state index contributed by atoms with van der Waals surface area (Å²) in [6.07, 6.45) is 0. The molecule has 2 aromatic carbocycles. The van der Waals surface area contributed by atoms with Crippen LogP contribution in [-0.4, -0.2) is 9.97 Å². The third-order valence-electron chi connectivity index (χ3n) is 4.02. The van der Waals surface area contributed by atoms with Crippen molar-refractivity contribution >= 4 is 10.8 Å². The predicted molar refractivity (Wildman–Crippen MR) is 82.8 cm³/mol. The first-order valence-corrected chi connectivity index (χ1v) is 6.86. The van der Waals surface area contributed by atoms with Crippen molar-refractivity contribution in [1.29, 1.82) is 21.0 Å². The lowest BCUT2D eigenvalue weighted by atomic mass is 9.96. The van der Waals surface area contributed by atoms with Gasteiger partial charge in [-0.3, -0.25) is 0 Å². The molecule has 0 radical (unpaired) electrons. The van der Waals surface area contributed by atoms with Gasteiger partial charge in [0, 0.05) is 21.9 Å². The Morgan fingerprint density at radius 3 is 1.42 bits per heavy atom. The number of aromatic nitrogens is 2. The molecule has 0 bridgehead atoms. The maximum absolute atomic E-state index is 9.36. The first kappa shape index (κ1) is 13.4. The van der Waals surface area contributed by atoms with Gasteiger partial charge in [0.2, 0.25) is 0 Å². The van der Waals surface area contributed by atoms with Crippen LogP contribution >= 0.6 is 0 Å². The third kappa shape index (κ3) is 1.49. The van der Waals surface area contributed by atoms with Gasteiger partial charge in [-0.2, -0.15) is 21.0 Å². The summed E-state index contributed by atoms with van der Waals surface area (Å²) in [6, 6.07) is 14.7. The van der Waals surface area contributed by atoms with Crippen molar-refractivity contribution in [2.24, 2.45) is 0 Å². The molecular weight excluding hydrogens is 300 g/mol. The van der Waals surface area contributed by atoms with E-state index in [-0.39, 0.29) is 11.4 Å². The molecule has 0 spiro atoms. The molecule has 0 fully saturated rings. The number of nitrogens with zero attached hydrogens (tertiary/aromatic N) is 6. The van der Waals surface area contributed by atoms with Gasteiger partial charge in [0.15, 0.2) is 11.4 Å². The van der Waals surface area contributed by atoms with Gasteiger partial charge in [-0.1, -0.05) is 12.1 Å². The number of fused-ring (bicyclic) bond motifs is 3. The molecule has 1 heterocycles. The normalized spacial score (nSPS) is 10.3. The van der Waals surface area contributed by atoms with E-state index in [2.05, 4.69) is 22.1 Å². The maximum Gasteiger partial charge on any atom is 0.177 e. The molecule has 3 aromatic rings. The molecule has 1 aromatic heterocycles. The molecule has 0 unspecified atom stereocenters. The van der Waals surface area contributed by atoms with E-state index in [9.17, 15) is 10.5 Å². The zero-order valence-corrected chi connectivity index (χ0v) is 12.0. The first-order chi connectivity index (χ1) is 11.7. The van der Waals surface area contributed by atoms with E-state index in [1.165, 1.54) is 0 Å². The summed E-state index contributed by atoms with van der Waals surface area (Å²) in [5.41, 5.74) is 3.10. The molecule has 0 saturated carbocycles. The Labute approximate surface area is 136 Å². The lowest BCUT2D eigenvalue weighted by Crippen LogP contribution is -1.97. The Balaban J connectivity index is 2.23. The summed E-state index contributed by atoms with van der Waals surface area (Å²) in [4.78, 5) is 8.56. The molecule has 6 heteroatoms. The lowest BCUT2D eigenvalue weighted by molar-refractivity contribution is 1.15. The first-order valence-electron chi connectivity index (χ1n) is 6.86. The highest BCUT2D eigenvalue weighted by atomic mass is 14.9. The predicted octanol–water partition coefficient (Wildman–Crippen LogP) is 2.76. The molecule has 1 aliphatic carbocycles. The molecule has 6 nitrogen and oxygen atoms in total. The van der Waals surface area contributed by atoms with E-state index in [0.717, 1.165) is 0 Å². The van der Waals surface area contributed by atoms with E-state index < -0.39 is 0 Å². The van der Waals surface area contributed by atoms with Crippen LogP contribution in [0.3, 0.4) is 0 Å². The van der Waals surface area contributed by atoms with Crippen molar-refractivity contribution in [2.45, 2.75) is 0 Å². The monoisotopic (exact) mass is 304 g/mol. The van der Waals surface area contributed by atoms with Crippen LogP contribution in [-0.2, 0) is 0 Å². The van der Waals surface area contributed by atoms with Crippen molar-refractivity contribution < 1.29 is 0 Å². The molecule has 0 aliphatic heterocycles. The second-order valence-electron chi connectivity index (χ2n) is 5.14. The summed E-state index contributed by atoms with van der Waals surface area (Å²) < 4.78 is 0. The lowest BCUT2D eigenvalue weighted by Gasteiger charge is -2.05. The van der Waals surface area contributed by atoms with E-state index in [1.54, 1.807) is 24.3 Å². The van der Waals surface area contributed by atoms with Crippen LogP contribution in [0.5, 0.6) is 0 Å². The van der Waals surface area contributed by atoms with Crippen molar-refractivity contribution in [3.8, 4) is 46.8 Å². The number of hydrogen-bond donors (Lipinski definition) is 0. The minimum absolute atomic E-state index is 0.0397. The molecule has 24 heavy (non-hydrogen) atoms. The largest absolute Gasteiger partial charge is 0.232 e. The summed E-state index contributed by atoms with van der Waals surface area (Å²) in [5.74, 6) is 0. The highest BCUT2D eigenvalue weighted by Gasteiger charge is 2.28. The quantitative estimate of drug-likeness (QED) is 0.492. The Morgan fingerprint density at radius 1 is 0.583 bits per heavy atom.